The van der Waals surface area contributed by atoms with Crippen molar-refractivity contribution in [1.82, 2.24) is 4.98 Å². The maximum atomic E-state index is 10.7. The molecule has 0 bridgehead atoms. The second-order valence-corrected chi connectivity index (χ2v) is 5.31. The largest absolute Gasteiger partial charge is 0.477 e. The van der Waals surface area contributed by atoms with Crippen molar-refractivity contribution in [2.45, 2.75) is 6.92 Å². The summed E-state index contributed by atoms with van der Waals surface area (Å²) in [6.45, 7) is 1.99. The van der Waals surface area contributed by atoms with Gasteiger partial charge in [-0.25, -0.2) is 9.78 Å². The van der Waals surface area contributed by atoms with Crippen LogP contribution < -0.4 is 5.32 Å². The number of hydrogen-bond acceptors (Lipinski definition) is 4. The molecule has 0 atom stereocenters. The first-order valence-corrected chi connectivity index (χ1v) is 6.39. The molecule has 0 saturated carbocycles. The molecule has 1 aromatic heterocycles. The number of aromatic nitrogens is 1. The van der Waals surface area contributed by atoms with Gasteiger partial charge in [-0.05, 0) is 30.7 Å². The minimum Gasteiger partial charge on any atom is -0.477 e. The van der Waals surface area contributed by atoms with Crippen LogP contribution in [0, 0.1) is 6.92 Å². The zero-order valence-corrected chi connectivity index (χ0v) is 11.3. The molecule has 0 aliphatic heterocycles. The molecule has 0 unspecified atom stereocenters. The Morgan fingerprint density at radius 1 is 1.53 bits per heavy atom. The molecule has 88 valence electrons. The van der Waals surface area contributed by atoms with E-state index in [1.165, 1.54) is 6.20 Å². The van der Waals surface area contributed by atoms with E-state index in [9.17, 15) is 4.79 Å². The number of aryl methyl sites for hydroxylation is 1. The van der Waals surface area contributed by atoms with Crippen LogP contribution in [-0.2, 0) is 0 Å². The van der Waals surface area contributed by atoms with Gasteiger partial charge in [-0.2, -0.15) is 0 Å². The lowest BCUT2D eigenvalue weighted by atomic mass is 10.2. The average molecular weight is 313 g/mol. The van der Waals surface area contributed by atoms with Gasteiger partial charge in [-0.15, -0.1) is 0 Å². The van der Waals surface area contributed by atoms with E-state index < -0.39 is 5.97 Å². The Morgan fingerprint density at radius 2 is 2.29 bits per heavy atom. The van der Waals surface area contributed by atoms with Crippen molar-refractivity contribution in [1.29, 1.82) is 0 Å². The number of anilines is 2. The zero-order valence-electron chi connectivity index (χ0n) is 8.90. The van der Waals surface area contributed by atoms with E-state index in [1.807, 2.05) is 25.1 Å². The van der Waals surface area contributed by atoms with Crippen LogP contribution >= 0.6 is 27.3 Å². The first kappa shape index (κ1) is 12.1. The third kappa shape index (κ3) is 2.83. The fraction of sp³-hybridized carbons (Fsp3) is 0.0909. The van der Waals surface area contributed by atoms with E-state index in [4.69, 9.17) is 5.11 Å². The number of nitrogens with zero attached hydrogens (tertiary/aromatic N) is 1. The molecule has 17 heavy (non-hydrogen) atoms. The molecule has 0 amide bonds. The monoisotopic (exact) mass is 312 g/mol. The molecular weight excluding hydrogens is 304 g/mol. The van der Waals surface area contributed by atoms with Crippen LogP contribution in [-0.4, -0.2) is 16.1 Å². The first-order valence-electron chi connectivity index (χ1n) is 4.78. The van der Waals surface area contributed by atoms with E-state index in [-0.39, 0.29) is 4.88 Å². The summed E-state index contributed by atoms with van der Waals surface area (Å²) in [6.07, 6.45) is 1.35. The Morgan fingerprint density at radius 3 is 2.88 bits per heavy atom. The van der Waals surface area contributed by atoms with Crippen molar-refractivity contribution in [3.8, 4) is 0 Å². The van der Waals surface area contributed by atoms with Crippen molar-refractivity contribution >= 4 is 44.1 Å². The standard InChI is InChI=1S/C11H9BrN2O2S/c1-6-4-7(2-3-8(6)12)14-11-13-5-9(17-11)10(15)16/h2-5H,1H3,(H,13,14)(H,15,16). The molecule has 0 spiro atoms. The molecule has 6 heteroatoms. The van der Waals surface area contributed by atoms with Gasteiger partial charge in [0.25, 0.3) is 0 Å². The summed E-state index contributed by atoms with van der Waals surface area (Å²) in [5, 5.41) is 12.4. The van der Waals surface area contributed by atoms with Crippen LogP contribution in [0.1, 0.15) is 15.2 Å². The molecular formula is C11H9BrN2O2S. The van der Waals surface area contributed by atoms with Crippen molar-refractivity contribution in [3.63, 3.8) is 0 Å². The van der Waals surface area contributed by atoms with E-state index >= 15 is 0 Å². The lowest BCUT2D eigenvalue weighted by Gasteiger charge is -2.04. The van der Waals surface area contributed by atoms with Gasteiger partial charge >= 0.3 is 5.97 Å². The van der Waals surface area contributed by atoms with Crippen molar-refractivity contribution in [2.24, 2.45) is 0 Å². The highest BCUT2D eigenvalue weighted by Crippen LogP contribution is 2.25. The first-order chi connectivity index (χ1) is 8.06. The van der Waals surface area contributed by atoms with Crippen LogP contribution in [0.15, 0.2) is 28.9 Å². The van der Waals surface area contributed by atoms with Crippen LogP contribution in [0.25, 0.3) is 0 Å². The number of carbonyl (C=O) groups is 1. The lowest BCUT2D eigenvalue weighted by molar-refractivity contribution is 0.0702. The fourth-order valence-corrected chi connectivity index (χ4v) is 2.20. The summed E-state index contributed by atoms with van der Waals surface area (Å²) >= 11 is 4.53. The average Bonchev–Trinajstić information content (AvgIpc) is 2.72. The summed E-state index contributed by atoms with van der Waals surface area (Å²) in [5.41, 5.74) is 1.99. The number of benzene rings is 1. The van der Waals surface area contributed by atoms with E-state index in [0.717, 1.165) is 27.1 Å². The highest BCUT2D eigenvalue weighted by Gasteiger charge is 2.08. The summed E-state index contributed by atoms with van der Waals surface area (Å²) in [4.78, 5) is 14.9. The highest BCUT2D eigenvalue weighted by atomic mass is 79.9. The van der Waals surface area contributed by atoms with E-state index in [2.05, 4.69) is 26.2 Å². The Balaban J connectivity index is 2.19. The third-order valence-electron chi connectivity index (χ3n) is 2.13. The predicted molar refractivity (Wildman–Crippen MR) is 71.2 cm³/mol. The van der Waals surface area contributed by atoms with Gasteiger partial charge in [-0.1, -0.05) is 27.3 Å². The van der Waals surface area contributed by atoms with Crippen LogP contribution in [0.5, 0.6) is 0 Å². The minimum atomic E-state index is -0.956. The number of carboxylic acid groups (broad SMARTS) is 1. The minimum absolute atomic E-state index is 0.223. The van der Waals surface area contributed by atoms with Gasteiger partial charge in [0.2, 0.25) is 0 Å². The predicted octanol–water partition coefficient (Wildman–Crippen LogP) is 3.66. The van der Waals surface area contributed by atoms with Crippen molar-refractivity contribution in [2.75, 3.05) is 5.32 Å². The molecule has 0 fully saturated rings. The lowest BCUT2D eigenvalue weighted by Crippen LogP contribution is -1.90. The highest BCUT2D eigenvalue weighted by molar-refractivity contribution is 9.10. The normalized spacial score (nSPS) is 10.2. The van der Waals surface area contributed by atoms with Gasteiger partial charge in [0.15, 0.2) is 5.13 Å². The molecule has 2 aromatic rings. The molecule has 1 heterocycles. The van der Waals surface area contributed by atoms with E-state index in [0.29, 0.717) is 5.13 Å². The van der Waals surface area contributed by atoms with Gasteiger partial charge in [-0.3, -0.25) is 0 Å². The van der Waals surface area contributed by atoms with Gasteiger partial charge in [0.05, 0.1) is 6.20 Å². The van der Waals surface area contributed by atoms with Crippen molar-refractivity contribution < 1.29 is 9.90 Å². The second-order valence-electron chi connectivity index (χ2n) is 3.42. The topological polar surface area (TPSA) is 62.2 Å². The molecule has 0 radical (unpaired) electrons. The Labute approximate surface area is 110 Å². The summed E-state index contributed by atoms with van der Waals surface area (Å²) in [5.74, 6) is -0.956. The fourth-order valence-electron chi connectivity index (χ4n) is 1.28. The van der Waals surface area contributed by atoms with E-state index in [1.54, 1.807) is 0 Å². The molecule has 2 rings (SSSR count). The van der Waals surface area contributed by atoms with Gasteiger partial charge in [0, 0.05) is 10.2 Å². The second kappa shape index (κ2) is 4.85. The number of aromatic carboxylic acids is 1. The molecule has 0 saturated heterocycles. The van der Waals surface area contributed by atoms with Gasteiger partial charge in [0.1, 0.15) is 4.88 Å². The zero-order chi connectivity index (χ0) is 12.4. The number of rotatable bonds is 3. The molecule has 2 N–H and O–H groups in total. The van der Waals surface area contributed by atoms with Crippen LogP contribution in [0.3, 0.4) is 0 Å². The summed E-state index contributed by atoms with van der Waals surface area (Å²) in [6, 6.07) is 5.80. The Bertz CT molecular complexity index is 568. The number of hydrogen-bond donors (Lipinski definition) is 2. The summed E-state index contributed by atoms with van der Waals surface area (Å²) in [7, 11) is 0. The van der Waals surface area contributed by atoms with Crippen molar-refractivity contribution in [3.05, 3.63) is 39.3 Å². The smallest absolute Gasteiger partial charge is 0.347 e. The van der Waals surface area contributed by atoms with Crippen LogP contribution in [0.2, 0.25) is 0 Å². The number of nitrogens with one attached hydrogen (secondary N) is 1. The quantitative estimate of drug-likeness (QED) is 0.908. The van der Waals surface area contributed by atoms with Gasteiger partial charge < -0.3 is 10.4 Å². The van der Waals surface area contributed by atoms with Crippen LogP contribution in [0.4, 0.5) is 10.8 Å². The Kier molecular flexibility index (Phi) is 3.44. The third-order valence-corrected chi connectivity index (χ3v) is 3.92. The number of carboxylic acids is 1. The molecule has 0 aliphatic carbocycles. The maximum absolute atomic E-state index is 10.7. The Hall–Kier alpha value is -1.40. The maximum Gasteiger partial charge on any atom is 0.347 e. The summed E-state index contributed by atoms with van der Waals surface area (Å²) < 4.78 is 1.04. The number of halogens is 1. The SMILES string of the molecule is Cc1cc(Nc2ncc(C(=O)O)s2)ccc1Br. The number of thiazole rings is 1. The molecule has 4 nitrogen and oxygen atoms in total. The molecule has 1 aromatic carbocycles. The molecule has 0 aliphatic rings.